The smallest absolute Gasteiger partial charge is 0.273 e. The molecule has 7 heteroatoms. The van der Waals surface area contributed by atoms with E-state index in [-0.39, 0.29) is 17.7 Å². The molecule has 2 heterocycles. The van der Waals surface area contributed by atoms with Crippen LogP contribution in [0.5, 0.6) is 17.2 Å². The first kappa shape index (κ1) is 21.7. The molecule has 1 aliphatic rings. The van der Waals surface area contributed by atoms with Crippen LogP contribution in [0.1, 0.15) is 60.4 Å². The number of aromatic amines is 1. The fourth-order valence-corrected chi connectivity index (χ4v) is 4.30. The number of H-pyrrole nitrogens is 1. The maximum absolute atomic E-state index is 13.3. The average molecular weight is 436 g/mol. The summed E-state index contributed by atoms with van der Waals surface area (Å²) in [7, 11) is 0. The number of phenols is 1. The molecule has 7 nitrogen and oxygen atoms in total. The van der Waals surface area contributed by atoms with Gasteiger partial charge < -0.3 is 19.5 Å². The first-order valence-electron chi connectivity index (χ1n) is 11.1. The number of rotatable bonds is 8. The summed E-state index contributed by atoms with van der Waals surface area (Å²) in [5, 5.41) is 17.9. The minimum atomic E-state index is -0.346. The maximum Gasteiger partial charge on any atom is 0.273 e. The molecule has 0 spiro atoms. The van der Waals surface area contributed by atoms with Crippen molar-refractivity contribution in [1.82, 2.24) is 15.1 Å². The number of benzene rings is 2. The van der Waals surface area contributed by atoms with Gasteiger partial charge >= 0.3 is 0 Å². The highest BCUT2D eigenvalue weighted by Gasteiger charge is 2.42. The zero-order chi connectivity index (χ0) is 22.8. The summed E-state index contributed by atoms with van der Waals surface area (Å²) in [6.07, 6.45) is 0.820. The number of nitrogens with one attached hydrogen (secondary N) is 1. The number of phenolic OH excluding ortho intramolecular Hbond substituents is 1. The second kappa shape index (κ2) is 8.94. The number of aromatic hydroxyl groups is 1. The standard InChI is InChI=1S/C25H29N3O4/c1-5-12-28-24(16-9-11-19(31-6-2)20(14-16)32-7-3)21-22(26-27-23(21)25(28)30)17-13-15(4)8-10-18(17)29/h8-11,13-14,24,29H,5-7,12H2,1-4H3,(H,26,27)/t24-/m0/s1. The van der Waals surface area contributed by atoms with Crippen LogP contribution in [0.4, 0.5) is 0 Å². The molecule has 1 aromatic heterocycles. The van der Waals surface area contributed by atoms with Crippen LogP contribution in [0.2, 0.25) is 0 Å². The summed E-state index contributed by atoms with van der Waals surface area (Å²) < 4.78 is 11.6. The Balaban J connectivity index is 1.89. The van der Waals surface area contributed by atoms with Gasteiger partial charge in [-0.25, -0.2) is 0 Å². The second-order valence-corrected chi connectivity index (χ2v) is 7.85. The molecule has 0 bridgehead atoms. The molecule has 0 radical (unpaired) electrons. The zero-order valence-electron chi connectivity index (χ0n) is 18.9. The molecule has 2 N–H and O–H groups in total. The SMILES string of the molecule is CCCN1C(=O)c2[nH]nc(-c3cc(C)ccc3O)c2[C@@H]1c1ccc(OCC)c(OCC)c1. The van der Waals surface area contributed by atoms with Gasteiger partial charge in [-0.15, -0.1) is 0 Å². The number of amides is 1. The molecule has 0 aliphatic carbocycles. The molecule has 0 saturated carbocycles. The lowest BCUT2D eigenvalue weighted by Gasteiger charge is -2.26. The van der Waals surface area contributed by atoms with E-state index >= 15 is 0 Å². The van der Waals surface area contributed by atoms with Gasteiger partial charge in [-0.2, -0.15) is 5.10 Å². The third-order valence-electron chi connectivity index (χ3n) is 5.62. The Hall–Kier alpha value is -3.48. The lowest BCUT2D eigenvalue weighted by atomic mass is 9.94. The van der Waals surface area contributed by atoms with E-state index < -0.39 is 0 Å². The van der Waals surface area contributed by atoms with Crippen molar-refractivity contribution in [3.63, 3.8) is 0 Å². The van der Waals surface area contributed by atoms with Crippen molar-refractivity contribution in [2.75, 3.05) is 19.8 Å². The second-order valence-electron chi connectivity index (χ2n) is 7.85. The number of nitrogens with zero attached hydrogens (tertiary/aromatic N) is 2. The molecule has 1 atom stereocenters. The van der Waals surface area contributed by atoms with E-state index in [4.69, 9.17) is 9.47 Å². The van der Waals surface area contributed by atoms with Crippen LogP contribution in [0.15, 0.2) is 36.4 Å². The number of hydrogen-bond donors (Lipinski definition) is 2. The van der Waals surface area contributed by atoms with Gasteiger partial charge in [0.25, 0.3) is 5.91 Å². The van der Waals surface area contributed by atoms with Gasteiger partial charge in [-0.05, 0) is 57.0 Å². The number of ether oxygens (including phenoxy) is 2. The molecule has 168 valence electrons. The maximum atomic E-state index is 13.3. The van der Waals surface area contributed by atoms with Crippen molar-refractivity contribution in [3.8, 4) is 28.5 Å². The van der Waals surface area contributed by atoms with E-state index in [2.05, 4.69) is 10.2 Å². The number of carbonyl (C=O) groups is 1. The molecule has 2 aromatic carbocycles. The number of hydrogen-bond acceptors (Lipinski definition) is 5. The summed E-state index contributed by atoms with van der Waals surface area (Å²) in [5.74, 6) is 1.36. The predicted octanol–water partition coefficient (Wildman–Crippen LogP) is 4.84. The molecular formula is C25H29N3O4. The molecule has 1 amide bonds. The van der Waals surface area contributed by atoms with Crippen LogP contribution in [-0.2, 0) is 0 Å². The highest BCUT2D eigenvalue weighted by atomic mass is 16.5. The Labute approximate surface area is 188 Å². The molecule has 1 aliphatic heterocycles. The Morgan fingerprint density at radius 1 is 1.06 bits per heavy atom. The van der Waals surface area contributed by atoms with Crippen molar-refractivity contribution < 1.29 is 19.4 Å². The van der Waals surface area contributed by atoms with Crippen molar-refractivity contribution >= 4 is 5.91 Å². The lowest BCUT2D eigenvalue weighted by molar-refractivity contribution is 0.0743. The fraction of sp³-hybridized carbons (Fsp3) is 0.360. The van der Waals surface area contributed by atoms with Crippen molar-refractivity contribution in [2.45, 2.75) is 40.2 Å². The summed E-state index contributed by atoms with van der Waals surface area (Å²) >= 11 is 0. The summed E-state index contributed by atoms with van der Waals surface area (Å²) in [4.78, 5) is 15.1. The summed E-state index contributed by atoms with van der Waals surface area (Å²) in [6.45, 7) is 9.51. The Morgan fingerprint density at radius 2 is 1.81 bits per heavy atom. The van der Waals surface area contributed by atoms with Crippen LogP contribution in [0.3, 0.4) is 0 Å². The van der Waals surface area contributed by atoms with Crippen molar-refractivity contribution in [3.05, 3.63) is 58.8 Å². The van der Waals surface area contributed by atoms with E-state index in [0.29, 0.717) is 48.2 Å². The van der Waals surface area contributed by atoms with E-state index in [1.165, 1.54) is 0 Å². The van der Waals surface area contributed by atoms with Gasteiger partial charge in [0, 0.05) is 17.7 Å². The molecule has 0 saturated heterocycles. The normalized spacial score (nSPS) is 15.2. The Bertz CT molecular complexity index is 1140. The van der Waals surface area contributed by atoms with Gasteiger partial charge in [0.05, 0.1) is 19.3 Å². The van der Waals surface area contributed by atoms with E-state index in [0.717, 1.165) is 23.1 Å². The number of aryl methyl sites for hydroxylation is 1. The average Bonchev–Trinajstić information content (AvgIpc) is 3.31. The molecule has 3 aromatic rings. The van der Waals surface area contributed by atoms with E-state index in [9.17, 15) is 9.90 Å². The van der Waals surface area contributed by atoms with Crippen LogP contribution in [0, 0.1) is 6.92 Å². The molecule has 32 heavy (non-hydrogen) atoms. The summed E-state index contributed by atoms with van der Waals surface area (Å²) in [6, 6.07) is 10.8. The third-order valence-corrected chi connectivity index (χ3v) is 5.62. The van der Waals surface area contributed by atoms with Crippen LogP contribution < -0.4 is 9.47 Å². The monoisotopic (exact) mass is 435 g/mol. The van der Waals surface area contributed by atoms with Gasteiger partial charge in [-0.3, -0.25) is 9.89 Å². The molecule has 0 fully saturated rings. The predicted molar refractivity (Wildman–Crippen MR) is 122 cm³/mol. The fourth-order valence-electron chi connectivity index (χ4n) is 4.30. The van der Waals surface area contributed by atoms with Gasteiger partial charge in [0.15, 0.2) is 11.5 Å². The van der Waals surface area contributed by atoms with Crippen molar-refractivity contribution in [1.29, 1.82) is 0 Å². The van der Waals surface area contributed by atoms with E-state index in [1.54, 1.807) is 6.07 Å². The highest BCUT2D eigenvalue weighted by Crippen LogP contribution is 2.46. The number of carbonyl (C=O) groups excluding carboxylic acids is 1. The first-order valence-corrected chi connectivity index (χ1v) is 11.1. The quantitative estimate of drug-likeness (QED) is 0.528. The molecular weight excluding hydrogens is 406 g/mol. The first-order chi connectivity index (χ1) is 15.5. The van der Waals surface area contributed by atoms with Crippen LogP contribution in [-0.4, -0.2) is 45.9 Å². The van der Waals surface area contributed by atoms with Gasteiger partial charge in [0.2, 0.25) is 0 Å². The lowest BCUT2D eigenvalue weighted by Crippen LogP contribution is -2.30. The van der Waals surface area contributed by atoms with Crippen LogP contribution in [0.25, 0.3) is 11.3 Å². The largest absolute Gasteiger partial charge is 0.507 e. The minimum Gasteiger partial charge on any atom is -0.507 e. The highest BCUT2D eigenvalue weighted by molar-refractivity contribution is 6.00. The Kier molecular flexibility index (Phi) is 6.08. The minimum absolute atomic E-state index is 0.0930. The number of fused-ring (bicyclic) bond motifs is 1. The number of aromatic nitrogens is 2. The Morgan fingerprint density at radius 3 is 2.53 bits per heavy atom. The summed E-state index contributed by atoms with van der Waals surface area (Å²) in [5.41, 5.74) is 4.34. The van der Waals surface area contributed by atoms with E-state index in [1.807, 2.05) is 62.9 Å². The van der Waals surface area contributed by atoms with Gasteiger partial charge in [0.1, 0.15) is 17.1 Å². The third kappa shape index (κ3) is 3.68. The van der Waals surface area contributed by atoms with Crippen LogP contribution >= 0.6 is 0 Å². The zero-order valence-corrected chi connectivity index (χ0v) is 18.9. The molecule has 4 rings (SSSR count). The van der Waals surface area contributed by atoms with Crippen molar-refractivity contribution in [2.24, 2.45) is 0 Å². The molecule has 0 unspecified atom stereocenters. The topological polar surface area (TPSA) is 87.7 Å². The van der Waals surface area contributed by atoms with Gasteiger partial charge in [-0.1, -0.05) is 24.6 Å².